The van der Waals surface area contributed by atoms with E-state index < -0.39 is 0 Å². The minimum absolute atomic E-state index is 0.242. The van der Waals surface area contributed by atoms with Gasteiger partial charge in [-0.3, -0.25) is 0 Å². The fraction of sp³-hybridized carbons (Fsp3) is 0.190. The third-order valence-electron chi connectivity index (χ3n) is 4.46. The largest absolute Gasteiger partial charge is 0.454 e. The van der Waals surface area contributed by atoms with E-state index in [1.165, 1.54) is 5.56 Å². The maximum absolute atomic E-state index is 8.92. The van der Waals surface area contributed by atoms with E-state index in [0.717, 1.165) is 47.4 Å². The van der Waals surface area contributed by atoms with Crippen LogP contribution in [0.3, 0.4) is 0 Å². The van der Waals surface area contributed by atoms with Gasteiger partial charge in [0, 0.05) is 23.9 Å². The lowest BCUT2D eigenvalue weighted by Crippen LogP contribution is -2.06. The summed E-state index contributed by atoms with van der Waals surface area (Å²) in [6, 6.07) is 12.2. The first-order chi connectivity index (χ1) is 12.2. The van der Waals surface area contributed by atoms with Gasteiger partial charge in [-0.25, -0.2) is 4.98 Å². The number of hydrogen-bond acceptors (Lipinski definition) is 3. The van der Waals surface area contributed by atoms with Gasteiger partial charge >= 0.3 is 0 Å². The van der Waals surface area contributed by atoms with Gasteiger partial charge in [-0.05, 0) is 66.8 Å². The summed E-state index contributed by atoms with van der Waals surface area (Å²) in [7, 11) is 0. The number of unbranched alkanes of at least 4 members (excludes halogenated alkanes) is 1. The lowest BCUT2D eigenvalue weighted by Gasteiger charge is -2.20. The maximum Gasteiger partial charge on any atom is 0.153 e. The van der Waals surface area contributed by atoms with E-state index in [2.05, 4.69) is 23.7 Å². The van der Waals surface area contributed by atoms with E-state index in [0.29, 0.717) is 5.76 Å². The van der Waals surface area contributed by atoms with E-state index in [1.807, 2.05) is 40.9 Å². The minimum atomic E-state index is 0.242. The van der Waals surface area contributed by atoms with Crippen LogP contribution >= 0.6 is 0 Å². The van der Waals surface area contributed by atoms with Crippen LogP contribution in [0.5, 0.6) is 5.75 Å². The van der Waals surface area contributed by atoms with Gasteiger partial charge < -0.3 is 14.2 Å². The van der Waals surface area contributed by atoms with Crippen molar-refractivity contribution in [1.29, 1.82) is 0 Å². The summed E-state index contributed by atoms with van der Waals surface area (Å²) in [5.41, 5.74) is 5.06. The first-order valence-electron chi connectivity index (χ1n) is 8.50. The molecule has 0 unspecified atom stereocenters. The smallest absolute Gasteiger partial charge is 0.153 e. The van der Waals surface area contributed by atoms with Crippen molar-refractivity contribution in [3.8, 4) is 5.75 Å². The molecular weight excluding hydrogens is 312 g/mol. The molecule has 4 rings (SSSR count). The van der Waals surface area contributed by atoms with Crippen molar-refractivity contribution in [3.63, 3.8) is 0 Å². The highest BCUT2D eigenvalue weighted by molar-refractivity contribution is 5.87. The first kappa shape index (κ1) is 15.7. The quantitative estimate of drug-likeness (QED) is 0.716. The van der Waals surface area contributed by atoms with Gasteiger partial charge in [-0.15, -0.1) is 0 Å². The second-order valence-electron chi connectivity index (χ2n) is 6.26. The Hall–Kier alpha value is -2.85. The molecule has 0 radical (unpaired) electrons. The molecule has 4 heteroatoms. The molecule has 1 aromatic carbocycles. The highest BCUT2D eigenvalue weighted by Gasteiger charge is 2.18. The Balaban J connectivity index is 1.61. The van der Waals surface area contributed by atoms with E-state index in [4.69, 9.17) is 9.84 Å². The van der Waals surface area contributed by atoms with Gasteiger partial charge in [-0.2, -0.15) is 0 Å². The number of nitrogens with zero attached hydrogens (tertiary/aromatic N) is 2. The van der Waals surface area contributed by atoms with E-state index in [9.17, 15) is 0 Å². The zero-order valence-electron chi connectivity index (χ0n) is 14.0. The standard InChI is InChI=1S/C21H20N2O2/c1-15-11-21(19-13-17-6-4-9-23(17)14-22-19)25-20-8-7-16(12-18(15)20)5-2-3-10-24/h4,6-9,11-14,24H,1-3,5,10H2. The number of rotatable bonds is 5. The Labute approximate surface area is 146 Å². The second kappa shape index (κ2) is 6.57. The molecule has 4 nitrogen and oxygen atoms in total. The predicted octanol–water partition coefficient (Wildman–Crippen LogP) is 4.10. The second-order valence-corrected chi connectivity index (χ2v) is 6.26. The van der Waals surface area contributed by atoms with Crippen LogP contribution in [0.2, 0.25) is 0 Å². The maximum atomic E-state index is 8.92. The third-order valence-corrected chi connectivity index (χ3v) is 4.46. The average Bonchev–Trinajstić information content (AvgIpc) is 3.10. The molecule has 126 valence electrons. The van der Waals surface area contributed by atoms with Crippen LogP contribution in [0.15, 0.2) is 61.6 Å². The molecule has 2 aromatic heterocycles. The van der Waals surface area contributed by atoms with Crippen LogP contribution in [-0.4, -0.2) is 21.1 Å². The topological polar surface area (TPSA) is 46.8 Å². The molecule has 0 amide bonds. The van der Waals surface area contributed by atoms with Crippen molar-refractivity contribution in [2.45, 2.75) is 19.3 Å². The van der Waals surface area contributed by atoms with Crippen molar-refractivity contribution in [1.82, 2.24) is 9.38 Å². The highest BCUT2D eigenvalue weighted by Crippen LogP contribution is 2.36. The zero-order valence-corrected chi connectivity index (χ0v) is 14.0. The third kappa shape index (κ3) is 3.08. The van der Waals surface area contributed by atoms with E-state index >= 15 is 0 Å². The van der Waals surface area contributed by atoms with Gasteiger partial charge in [-0.1, -0.05) is 12.6 Å². The Kier molecular flexibility index (Phi) is 4.12. The van der Waals surface area contributed by atoms with Gasteiger partial charge in [0.25, 0.3) is 0 Å². The fourth-order valence-corrected chi connectivity index (χ4v) is 3.09. The molecule has 0 fully saturated rings. The number of benzene rings is 1. The summed E-state index contributed by atoms with van der Waals surface area (Å²) in [4.78, 5) is 4.48. The van der Waals surface area contributed by atoms with Crippen molar-refractivity contribution in [3.05, 3.63) is 78.4 Å². The van der Waals surface area contributed by atoms with Crippen LogP contribution in [-0.2, 0) is 6.42 Å². The number of aliphatic hydroxyl groups is 1. The molecule has 0 atom stereocenters. The normalized spacial score (nSPS) is 13.5. The summed E-state index contributed by atoms with van der Waals surface area (Å²) in [6.45, 7) is 4.43. The summed E-state index contributed by atoms with van der Waals surface area (Å²) < 4.78 is 8.05. The van der Waals surface area contributed by atoms with Gasteiger partial charge in [0.15, 0.2) is 5.76 Å². The van der Waals surface area contributed by atoms with Gasteiger partial charge in [0.05, 0.1) is 6.33 Å². The lowest BCUT2D eigenvalue weighted by atomic mass is 9.98. The number of ether oxygens (including phenoxy) is 1. The van der Waals surface area contributed by atoms with Crippen molar-refractivity contribution < 1.29 is 9.84 Å². The molecule has 0 aliphatic carbocycles. The fourth-order valence-electron chi connectivity index (χ4n) is 3.09. The summed E-state index contributed by atoms with van der Waals surface area (Å²) in [5, 5.41) is 8.92. The van der Waals surface area contributed by atoms with Crippen molar-refractivity contribution in [2.24, 2.45) is 0 Å². The average molecular weight is 332 g/mol. The van der Waals surface area contributed by atoms with E-state index in [1.54, 1.807) is 6.33 Å². The SMILES string of the molecule is C=C1C=C(c2cc3cccn3cn2)Oc2ccc(CCCCO)cc21. The number of fused-ring (bicyclic) bond motifs is 2. The number of aryl methyl sites for hydroxylation is 1. The Bertz CT molecular complexity index is 969. The molecule has 3 aromatic rings. The molecule has 0 saturated heterocycles. The summed E-state index contributed by atoms with van der Waals surface area (Å²) in [6.07, 6.45) is 8.45. The molecule has 0 saturated carbocycles. The molecule has 1 N–H and O–H groups in total. The molecular formula is C21H20N2O2. The van der Waals surface area contributed by atoms with Crippen molar-refractivity contribution in [2.75, 3.05) is 6.61 Å². The zero-order chi connectivity index (χ0) is 17.2. The van der Waals surface area contributed by atoms with Crippen LogP contribution in [0.4, 0.5) is 0 Å². The molecule has 1 aliphatic rings. The molecule has 1 aliphatic heterocycles. The number of allylic oxidation sites excluding steroid dienone is 2. The monoisotopic (exact) mass is 332 g/mol. The summed E-state index contributed by atoms with van der Waals surface area (Å²) in [5.74, 6) is 1.53. The Morgan fingerprint density at radius 2 is 2.08 bits per heavy atom. The molecule has 25 heavy (non-hydrogen) atoms. The van der Waals surface area contributed by atoms with Gasteiger partial charge in [0.1, 0.15) is 11.4 Å². The van der Waals surface area contributed by atoms with Crippen LogP contribution in [0.25, 0.3) is 16.8 Å². The van der Waals surface area contributed by atoms with Crippen molar-refractivity contribution >= 4 is 16.8 Å². The van der Waals surface area contributed by atoms with E-state index in [-0.39, 0.29) is 6.61 Å². The Morgan fingerprint density at radius 3 is 2.96 bits per heavy atom. The number of aromatic nitrogens is 2. The number of hydrogen-bond donors (Lipinski definition) is 1. The highest BCUT2D eigenvalue weighted by atomic mass is 16.5. The minimum Gasteiger partial charge on any atom is -0.454 e. The van der Waals surface area contributed by atoms with Crippen LogP contribution < -0.4 is 4.74 Å². The predicted molar refractivity (Wildman–Crippen MR) is 99.3 cm³/mol. The Morgan fingerprint density at radius 1 is 1.16 bits per heavy atom. The lowest BCUT2D eigenvalue weighted by molar-refractivity contribution is 0.284. The molecule has 3 heterocycles. The van der Waals surface area contributed by atoms with Crippen LogP contribution in [0, 0.1) is 0 Å². The molecule has 0 spiro atoms. The first-order valence-corrected chi connectivity index (χ1v) is 8.50. The molecule has 0 bridgehead atoms. The summed E-state index contributed by atoms with van der Waals surface area (Å²) >= 11 is 0. The number of aliphatic hydroxyl groups excluding tert-OH is 1. The van der Waals surface area contributed by atoms with Crippen LogP contribution in [0.1, 0.15) is 29.7 Å². The van der Waals surface area contributed by atoms with Gasteiger partial charge in [0.2, 0.25) is 0 Å².